The molecule has 3 atom stereocenters. The van der Waals surface area contributed by atoms with Crippen LogP contribution < -0.4 is 16.0 Å². The van der Waals surface area contributed by atoms with Gasteiger partial charge in [-0.1, -0.05) is 12.8 Å². The molecule has 120 valence electrons. The van der Waals surface area contributed by atoms with E-state index in [-0.39, 0.29) is 5.91 Å². The minimum atomic E-state index is 0.246. The molecule has 2 aliphatic carbocycles. The molecule has 0 radical (unpaired) electrons. The summed E-state index contributed by atoms with van der Waals surface area (Å²) in [4.78, 5) is 11.7. The number of piperidine rings is 1. The van der Waals surface area contributed by atoms with Crippen molar-refractivity contribution in [3.05, 3.63) is 0 Å². The molecular formula is C17H31N3O. The van der Waals surface area contributed by atoms with E-state index in [9.17, 15) is 4.79 Å². The summed E-state index contributed by atoms with van der Waals surface area (Å²) < 4.78 is 0. The summed E-state index contributed by atoms with van der Waals surface area (Å²) in [6, 6.07) is 1.91. The summed E-state index contributed by atoms with van der Waals surface area (Å²) in [7, 11) is 0. The molecule has 0 aromatic carbocycles. The average Bonchev–Trinajstić information content (AvgIpc) is 3.19. The Morgan fingerprint density at radius 3 is 2.71 bits per heavy atom. The molecule has 4 heteroatoms. The molecule has 3 N–H and O–H groups in total. The highest BCUT2D eigenvalue weighted by molar-refractivity contribution is 5.76. The Hall–Kier alpha value is -0.610. The van der Waals surface area contributed by atoms with E-state index >= 15 is 0 Å². The van der Waals surface area contributed by atoms with Crippen molar-refractivity contribution < 1.29 is 4.79 Å². The molecule has 1 heterocycles. The second-order valence-electron chi connectivity index (χ2n) is 7.16. The van der Waals surface area contributed by atoms with Gasteiger partial charge in [0.05, 0.1) is 0 Å². The zero-order valence-corrected chi connectivity index (χ0v) is 13.2. The quantitative estimate of drug-likeness (QED) is 0.629. The van der Waals surface area contributed by atoms with Gasteiger partial charge in [-0.2, -0.15) is 0 Å². The van der Waals surface area contributed by atoms with Crippen molar-refractivity contribution >= 4 is 5.91 Å². The molecule has 0 bridgehead atoms. The van der Waals surface area contributed by atoms with E-state index in [0.29, 0.717) is 18.5 Å². The van der Waals surface area contributed by atoms with Gasteiger partial charge in [0.25, 0.3) is 0 Å². The van der Waals surface area contributed by atoms with Crippen molar-refractivity contribution in [2.75, 3.05) is 13.1 Å². The first-order valence-corrected chi connectivity index (χ1v) is 9.09. The second-order valence-corrected chi connectivity index (χ2v) is 7.16. The van der Waals surface area contributed by atoms with Crippen molar-refractivity contribution in [3.63, 3.8) is 0 Å². The van der Waals surface area contributed by atoms with Crippen LogP contribution in [0.3, 0.4) is 0 Å². The molecule has 0 aromatic rings. The van der Waals surface area contributed by atoms with Gasteiger partial charge in [-0.05, 0) is 64.0 Å². The van der Waals surface area contributed by atoms with Crippen LogP contribution in [0.5, 0.6) is 0 Å². The summed E-state index contributed by atoms with van der Waals surface area (Å²) in [6.45, 7) is 2.20. The van der Waals surface area contributed by atoms with Crippen molar-refractivity contribution in [1.82, 2.24) is 16.0 Å². The lowest BCUT2D eigenvalue weighted by Gasteiger charge is -2.33. The monoisotopic (exact) mass is 293 g/mol. The fraction of sp³-hybridized carbons (Fsp3) is 0.941. The molecule has 3 rings (SSSR count). The number of nitrogens with one attached hydrogen (secondary N) is 3. The Morgan fingerprint density at radius 2 is 1.95 bits per heavy atom. The molecule has 1 saturated heterocycles. The predicted molar refractivity (Wildman–Crippen MR) is 85.2 cm³/mol. The van der Waals surface area contributed by atoms with Gasteiger partial charge >= 0.3 is 0 Å². The summed E-state index contributed by atoms with van der Waals surface area (Å²) in [5.41, 5.74) is 0. The van der Waals surface area contributed by atoms with Gasteiger partial charge in [0.2, 0.25) is 5.91 Å². The summed E-state index contributed by atoms with van der Waals surface area (Å²) >= 11 is 0. The fourth-order valence-electron chi connectivity index (χ4n) is 4.03. The van der Waals surface area contributed by atoms with Crippen LogP contribution in [0.25, 0.3) is 0 Å². The van der Waals surface area contributed by atoms with Crippen LogP contribution in [-0.4, -0.2) is 37.1 Å². The Balaban J connectivity index is 1.32. The summed E-state index contributed by atoms with van der Waals surface area (Å²) in [5, 5.41) is 10.5. The van der Waals surface area contributed by atoms with Gasteiger partial charge in [0.15, 0.2) is 0 Å². The first-order chi connectivity index (χ1) is 10.3. The van der Waals surface area contributed by atoms with Gasteiger partial charge in [0, 0.05) is 24.5 Å². The van der Waals surface area contributed by atoms with Crippen molar-refractivity contribution in [2.45, 2.75) is 82.3 Å². The van der Waals surface area contributed by atoms with Gasteiger partial charge in [-0.25, -0.2) is 0 Å². The van der Waals surface area contributed by atoms with Crippen molar-refractivity contribution in [2.24, 2.45) is 5.92 Å². The molecule has 0 aromatic heterocycles. The van der Waals surface area contributed by atoms with E-state index in [2.05, 4.69) is 16.0 Å². The Kier molecular flexibility index (Phi) is 5.53. The molecule has 3 aliphatic rings. The number of rotatable bonds is 7. The van der Waals surface area contributed by atoms with E-state index in [1.165, 1.54) is 57.9 Å². The lowest BCUT2D eigenvalue weighted by Crippen LogP contribution is -2.47. The molecule has 21 heavy (non-hydrogen) atoms. The van der Waals surface area contributed by atoms with E-state index < -0.39 is 0 Å². The molecule has 0 spiro atoms. The minimum absolute atomic E-state index is 0.246. The lowest BCUT2D eigenvalue weighted by atomic mass is 9.88. The van der Waals surface area contributed by atoms with Gasteiger partial charge < -0.3 is 16.0 Å². The number of amides is 1. The van der Waals surface area contributed by atoms with Gasteiger partial charge in [-0.3, -0.25) is 4.79 Å². The Labute approximate surface area is 128 Å². The zero-order chi connectivity index (χ0) is 14.5. The Bertz CT molecular complexity index is 337. The van der Waals surface area contributed by atoms with Crippen LogP contribution >= 0.6 is 0 Å². The first kappa shape index (κ1) is 15.3. The van der Waals surface area contributed by atoms with Crippen LogP contribution in [0.2, 0.25) is 0 Å². The molecule has 4 nitrogen and oxygen atoms in total. The maximum atomic E-state index is 11.7. The third kappa shape index (κ3) is 4.68. The van der Waals surface area contributed by atoms with E-state index in [1.807, 2.05) is 0 Å². The molecule has 3 fully saturated rings. The first-order valence-electron chi connectivity index (χ1n) is 9.09. The number of carbonyl (C=O) groups excluding carboxylic acids is 1. The highest BCUT2D eigenvalue weighted by Crippen LogP contribution is 2.31. The highest BCUT2D eigenvalue weighted by atomic mass is 16.1. The standard InChI is InChI=1S/C17H31N3O/c21-17(20-13-9-10-13)8-4-12-19-16-7-3-5-14(16)15-6-1-2-11-18-15/h13-16,18-19H,1-12H2,(H,20,21). The predicted octanol–water partition coefficient (Wildman–Crippen LogP) is 1.95. The largest absolute Gasteiger partial charge is 0.353 e. The number of hydrogen-bond acceptors (Lipinski definition) is 3. The third-order valence-corrected chi connectivity index (χ3v) is 5.36. The summed E-state index contributed by atoms with van der Waals surface area (Å²) in [5.74, 6) is 1.06. The average molecular weight is 293 g/mol. The minimum Gasteiger partial charge on any atom is -0.353 e. The molecular weight excluding hydrogens is 262 g/mol. The lowest BCUT2D eigenvalue weighted by molar-refractivity contribution is -0.121. The summed E-state index contributed by atoms with van der Waals surface area (Å²) in [6.07, 6.45) is 12.2. The van der Waals surface area contributed by atoms with Crippen LogP contribution in [0.1, 0.15) is 64.2 Å². The van der Waals surface area contributed by atoms with E-state index in [1.54, 1.807) is 0 Å². The molecule has 1 aliphatic heterocycles. The van der Waals surface area contributed by atoms with Crippen LogP contribution in [0.15, 0.2) is 0 Å². The maximum absolute atomic E-state index is 11.7. The maximum Gasteiger partial charge on any atom is 0.220 e. The normalized spacial score (nSPS) is 33.0. The van der Waals surface area contributed by atoms with Crippen LogP contribution in [0.4, 0.5) is 0 Å². The Morgan fingerprint density at radius 1 is 1.05 bits per heavy atom. The highest BCUT2D eigenvalue weighted by Gasteiger charge is 2.33. The van der Waals surface area contributed by atoms with E-state index in [0.717, 1.165) is 24.9 Å². The number of hydrogen-bond donors (Lipinski definition) is 3. The van der Waals surface area contributed by atoms with Gasteiger partial charge in [-0.15, -0.1) is 0 Å². The van der Waals surface area contributed by atoms with E-state index in [4.69, 9.17) is 0 Å². The van der Waals surface area contributed by atoms with Gasteiger partial charge in [0.1, 0.15) is 0 Å². The number of carbonyl (C=O) groups is 1. The SMILES string of the molecule is O=C(CCCNC1CCCC1C1CCCCN1)NC1CC1. The second kappa shape index (κ2) is 7.59. The fourth-order valence-corrected chi connectivity index (χ4v) is 4.03. The topological polar surface area (TPSA) is 53.2 Å². The van der Waals surface area contributed by atoms with Crippen molar-refractivity contribution in [3.8, 4) is 0 Å². The smallest absolute Gasteiger partial charge is 0.220 e. The van der Waals surface area contributed by atoms with Crippen LogP contribution in [0, 0.1) is 5.92 Å². The molecule has 1 amide bonds. The molecule has 2 saturated carbocycles. The van der Waals surface area contributed by atoms with Crippen LogP contribution in [-0.2, 0) is 4.79 Å². The van der Waals surface area contributed by atoms with Crippen molar-refractivity contribution in [1.29, 1.82) is 0 Å². The molecule has 3 unspecified atom stereocenters. The zero-order valence-electron chi connectivity index (χ0n) is 13.2. The third-order valence-electron chi connectivity index (χ3n) is 5.36.